The van der Waals surface area contributed by atoms with E-state index in [0.29, 0.717) is 18.0 Å². The largest absolute Gasteiger partial charge is 0.383 e. The first-order chi connectivity index (χ1) is 8.19. The van der Waals surface area contributed by atoms with Crippen LogP contribution in [0.25, 0.3) is 0 Å². The molecule has 96 valence electrons. The Morgan fingerprint density at radius 2 is 1.82 bits per heavy atom. The summed E-state index contributed by atoms with van der Waals surface area (Å²) in [6.45, 7) is 7.44. The maximum Gasteiger partial charge on any atom is 0.0618 e. The SMILES string of the molecule is CC[C@@H](N[C@H](COC)C(C)C)c1ccccc1. The molecular weight excluding hydrogens is 210 g/mol. The molecule has 0 aliphatic carbocycles. The minimum Gasteiger partial charge on any atom is -0.383 e. The molecule has 1 rings (SSSR count). The molecule has 0 amide bonds. The van der Waals surface area contributed by atoms with Crippen molar-refractivity contribution < 1.29 is 4.74 Å². The Bertz CT molecular complexity index is 297. The van der Waals surface area contributed by atoms with Gasteiger partial charge in [0.15, 0.2) is 0 Å². The summed E-state index contributed by atoms with van der Waals surface area (Å²) in [5.41, 5.74) is 1.36. The molecule has 0 bridgehead atoms. The predicted molar refractivity (Wildman–Crippen MR) is 73.1 cm³/mol. The fraction of sp³-hybridized carbons (Fsp3) is 0.600. The van der Waals surface area contributed by atoms with Crippen molar-refractivity contribution in [3.63, 3.8) is 0 Å². The first kappa shape index (κ1) is 14.2. The van der Waals surface area contributed by atoms with Crippen molar-refractivity contribution in [2.24, 2.45) is 5.92 Å². The molecule has 0 unspecified atom stereocenters. The highest BCUT2D eigenvalue weighted by molar-refractivity contribution is 5.18. The normalized spacial score (nSPS) is 14.9. The monoisotopic (exact) mass is 235 g/mol. The molecular formula is C15H25NO. The van der Waals surface area contributed by atoms with Crippen LogP contribution in [0.2, 0.25) is 0 Å². The molecule has 17 heavy (non-hydrogen) atoms. The Kier molecular flexibility index (Phi) is 6.23. The Hall–Kier alpha value is -0.860. The van der Waals surface area contributed by atoms with E-state index < -0.39 is 0 Å². The molecule has 0 saturated carbocycles. The van der Waals surface area contributed by atoms with Crippen molar-refractivity contribution in [2.45, 2.75) is 39.3 Å². The highest BCUT2D eigenvalue weighted by atomic mass is 16.5. The molecule has 2 atom stereocenters. The second kappa shape index (κ2) is 7.46. The van der Waals surface area contributed by atoms with Crippen LogP contribution < -0.4 is 5.32 Å². The van der Waals surface area contributed by atoms with Crippen molar-refractivity contribution in [3.05, 3.63) is 35.9 Å². The van der Waals surface area contributed by atoms with E-state index in [1.165, 1.54) is 5.56 Å². The zero-order valence-electron chi connectivity index (χ0n) is 11.4. The lowest BCUT2D eigenvalue weighted by molar-refractivity contribution is 0.139. The van der Waals surface area contributed by atoms with Gasteiger partial charge in [-0.05, 0) is 17.9 Å². The summed E-state index contributed by atoms with van der Waals surface area (Å²) in [4.78, 5) is 0. The Morgan fingerprint density at radius 1 is 1.18 bits per heavy atom. The van der Waals surface area contributed by atoms with Crippen LogP contribution in [0, 0.1) is 5.92 Å². The van der Waals surface area contributed by atoms with Gasteiger partial charge in [-0.2, -0.15) is 0 Å². The summed E-state index contributed by atoms with van der Waals surface area (Å²) >= 11 is 0. The van der Waals surface area contributed by atoms with E-state index in [-0.39, 0.29) is 0 Å². The maximum absolute atomic E-state index is 5.28. The van der Waals surface area contributed by atoms with Gasteiger partial charge in [0.05, 0.1) is 6.61 Å². The van der Waals surface area contributed by atoms with Crippen LogP contribution in [0.4, 0.5) is 0 Å². The van der Waals surface area contributed by atoms with E-state index in [0.717, 1.165) is 13.0 Å². The molecule has 1 aromatic carbocycles. The molecule has 2 nitrogen and oxygen atoms in total. The van der Waals surface area contributed by atoms with Crippen molar-refractivity contribution in [2.75, 3.05) is 13.7 Å². The first-order valence-corrected chi connectivity index (χ1v) is 6.49. The maximum atomic E-state index is 5.28. The summed E-state index contributed by atoms with van der Waals surface area (Å²) in [5, 5.41) is 3.70. The highest BCUT2D eigenvalue weighted by Crippen LogP contribution is 2.18. The van der Waals surface area contributed by atoms with Gasteiger partial charge in [0.25, 0.3) is 0 Å². The van der Waals surface area contributed by atoms with Gasteiger partial charge in [-0.25, -0.2) is 0 Å². The van der Waals surface area contributed by atoms with Gasteiger partial charge in [-0.15, -0.1) is 0 Å². The van der Waals surface area contributed by atoms with Crippen LogP contribution in [0.3, 0.4) is 0 Å². The molecule has 0 spiro atoms. The Labute approximate surface area is 105 Å². The minimum atomic E-state index is 0.408. The van der Waals surface area contributed by atoms with E-state index in [1.807, 2.05) is 0 Å². The molecule has 0 fully saturated rings. The third-order valence-corrected chi connectivity index (χ3v) is 3.18. The van der Waals surface area contributed by atoms with E-state index in [1.54, 1.807) is 7.11 Å². The fourth-order valence-corrected chi connectivity index (χ4v) is 2.01. The van der Waals surface area contributed by atoms with Crippen molar-refractivity contribution in [1.29, 1.82) is 0 Å². The van der Waals surface area contributed by atoms with E-state index in [4.69, 9.17) is 4.74 Å². The first-order valence-electron chi connectivity index (χ1n) is 6.49. The molecule has 1 N–H and O–H groups in total. The van der Waals surface area contributed by atoms with E-state index in [2.05, 4.69) is 56.4 Å². The summed E-state index contributed by atoms with van der Waals surface area (Å²) in [7, 11) is 1.76. The van der Waals surface area contributed by atoms with Gasteiger partial charge >= 0.3 is 0 Å². The fourth-order valence-electron chi connectivity index (χ4n) is 2.01. The molecule has 0 aliphatic heterocycles. The molecule has 0 aromatic heterocycles. The van der Waals surface area contributed by atoms with Crippen LogP contribution in [0.5, 0.6) is 0 Å². The lowest BCUT2D eigenvalue weighted by Gasteiger charge is -2.27. The summed E-state index contributed by atoms with van der Waals surface area (Å²) in [6.07, 6.45) is 1.09. The second-order valence-corrected chi connectivity index (χ2v) is 4.84. The number of ether oxygens (including phenoxy) is 1. The van der Waals surface area contributed by atoms with Crippen LogP contribution in [0.15, 0.2) is 30.3 Å². The lowest BCUT2D eigenvalue weighted by Crippen LogP contribution is -2.40. The third kappa shape index (κ3) is 4.49. The molecule has 0 saturated heterocycles. The molecule has 0 heterocycles. The molecule has 2 heteroatoms. The lowest BCUT2D eigenvalue weighted by atomic mass is 9.99. The third-order valence-electron chi connectivity index (χ3n) is 3.18. The highest BCUT2D eigenvalue weighted by Gasteiger charge is 2.18. The van der Waals surface area contributed by atoms with Crippen molar-refractivity contribution >= 4 is 0 Å². The van der Waals surface area contributed by atoms with Gasteiger partial charge in [-0.3, -0.25) is 0 Å². The van der Waals surface area contributed by atoms with Gasteiger partial charge in [0, 0.05) is 19.2 Å². The Balaban J connectivity index is 2.68. The summed E-state index contributed by atoms with van der Waals surface area (Å²) < 4.78 is 5.28. The quantitative estimate of drug-likeness (QED) is 0.782. The summed E-state index contributed by atoms with van der Waals surface area (Å²) in [5.74, 6) is 0.577. The standard InChI is InChI=1S/C15H25NO/c1-5-14(13-9-7-6-8-10-13)16-15(11-17-4)12(2)3/h6-10,12,14-16H,5,11H2,1-4H3/t14-,15-/m1/s1. The van der Waals surface area contributed by atoms with Crippen molar-refractivity contribution in [1.82, 2.24) is 5.32 Å². The number of benzene rings is 1. The molecule has 0 aliphatic rings. The van der Waals surface area contributed by atoms with Crippen LogP contribution in [-0.4, -0.2) is 19.8 Å². The smallest absolute Gasteiger partial charge is 0.0618 e. The zero-order chi connectivity index (χ0) is 12.7. The van der Waals surface area contributed by atoms with Crippen molar-refractivity contribution in [3.8, 4) is 0 Å². The minimum absolute atomic E-state index is 0.408. The number of methoxy groups -OCH3 is 1. The molecule has 0 radical (unpaired) electrons. The van der Waals surface area contributed by atoms with E-state index >= 15 is 0 Å². The Morgan fingerprint density at radius 3 is 2.29 bits per heavy atom. The van der Waals surface area contributed by atoms with Crippen LogP contribution >= 0.6 is 0 Å². The van der Waals surface area contributed by atoms with Crippen LogP contribution in [0.1, 0.15) is 38.8 Å². The van der Waals surface area contributed by atoms with Gasteiger partial charge < -0.3 is 10.1 Å². The summed E-state index contributed by atoms with van der Waals surface area (Å²) in [6, 6.07) is 11.5. The van der Waals surface area contributed by atoms with E-state index in [9.17, 15) is 0 Å². The average molecular weight is 235 g/mol. The number of hydrogen-bond acceptors (Lipinski definition) is 2. The van der Waals surface area contributed by atoms with Gasteiger partial charge in [-0.1, -0.05) is 51.1 Å². The number of hydrogen-bond donors (Lipinski definition) is 1. The number of nitrogens with one attached hydrogen (secondary N) is 1. The zero-order valence-corrected chi connectivity index (χ0v) is 11.4. The second-order valence-electron chi connectivity index (χ2n) is 4.84. The average Bonchev–Trinajstić information content (AvgIpc) is 2.35. The van der Waals surface area contributed by atoms with Gasteiger partial charge in [0.1, 0.15) is 0 Å². The number of rotatable bonds is 7. The van der Waals surface area contributed by atoms with Crippen LogP contribution in [-0.2, 0) is 4.74 Å². The topological polar surface area (TPSA) is 21.3 Å². The predicted octanol–water partition coefficient (Wildman–Crippen LogP) is 3.40. The van der Waals surface area contributed by atoms with Gasteiger partial charge in [0.2, 0.25) is 0 Å². The molecule has 1 aromatic rings.